The Kier molecular flexibility index (Phi) is 62.9. The number of phosphoric acid groups is 1. The summed E-state index contributed by atoms with van der Waals surface area (Å²) in [7, 11) is 1.31. The largest absolute Gasteiger partial charge is 0.756 e. The number of hydrogen-bond acceptors (Lipinski definition) is 6. The van der Waals surface area contributed by atoms with Gasteiger partial charge < -0.3 is 28.8 Å². The molecule has 0 spiro atoms. The van der Waals surface area contributed by atoms with Crippen molar-refractivity contribution in [3.8, 4) is 0 Å². The lowest BCUT2D eigenvalue weighted by atomic mass is 10.0. The number of nitrogens with zero attached hydrogens (tertiary/aromatic N) is 1. The van der Waals surface area contributed by atoms with E-state index < -0.39 is 20.0 Å². The number of likely N-dealkylation sites (N-methyl/N-ethyl adjacent to an activating group) is 1. The molecule has 0 aromatic carbocycles. The number of allylic oxidation sites excluding steroid dienone is 16. The summed E-state index contributed by atoms with van der Waals surface area (Å²) in [6.07, 6.45) is 93.3. The summed E-state index contributed by atoms with van der Waals surface area (Å²) in [4.78, 5) is 25.7. The summed E-state index contributed by atoms with van der Waals surface area (Å²) >= 11 is 0. The number of phosphoric ester groups is 1. The maximum Gasteiger partial charge on any atom is 0.268 e. The van der Waals surface area contributed by atoms with E-state index in [0.717, 1.165) is 89.9 Å². The molecule has 0 aliphatic rings. The number of carbonyl (C=O) groups is 1. The van der Waals surface area contributed by atoms with Crippen LogP contribution < -0.4 is 10.2 Å². The van der Waals surface area contributed by atoms with Crippen LogP contribution in [0.25, 0.3) is 0 Å². The molecule has 3 unspecified atom stereocenters. The van der Waals surface area contributed by atoms with Gasteiger partial charge in [0.25, 0.3) is 7.82 Å². The summed E-state index contributed by atoms with van der Waals surface area (Å²) in [5.74, 6) is -0.164. The molecule has 84 heavy (non-hydrogen) atoms. The van der Waals surface area contributed by atoms with Crippen LogP contribution in [-0.2, 0) is 18.4 Å². The van der Waals surface area contributed by atoms with E-state index in [1.54, 1.807) is 0 Å². The highest BCUT2D eigenvalue weighted by Gasteiger charge is 2.24. The van der Waals surface area contributed by atoms with E-state index in [4.69, 9.17) is 9.05 Å². The molecule has 2 N–H and O–H groups in total. The standard InChI is InChI=1S/C75H137N2O6P/c1-6-8-10-12-14-16-18-20-22-24-26-28-30-31-32-33-34-35-36-37-38-39-40-41-42-43-44-45-47-49-51-53-55-57-59-61-63-65-67-69-75(79)76-73(72-83-84(80,81)82-71-70-77(3,4)5)74(78)68-66-64-62-60-58-56-54-52-50-48-46-29-27-25-23-21-19-17-15-13-11-9-7-2/h8,10,14,16,20,22,26,28,31-32,34-35,37-38,40-41,73-74,78H,6-7,9,11-13,15,17-19,21,23-25,27,29-30,33,36,39,42-72H2,1-5H3,(H-,76,79,80,81)/b10-8-,16-14-,22-20-,28-26-,32-31-,35-34-,38-37-,41-40-. The minimum Gasteiger partial charge on any atom is -0.756 e. The van der Waals surface area contributed by atoms with Crippen LogP contribution in [0.3, 0.4) is 0 Å². The number of aliphatic hydroxyl groups excluding tert-OH is 1. The lowest BCUT2D eigenvalue weighted by Crippen LogP contribution is -2.46. The number of hydrogen-bond donors (Lipinski definition) is 2. The molecule has 1 amide bonds. The molecule has 8 nitrogen and oxygen atoms in total. The second kappa shape index (κ2) is 64.9. The van der Waals surface area contributed by atoms with Crippen molar-refractivity contribution >= 4 is 13.7 Å². The fourth-order valence-electron chi connectivity index (χ4n) is 10.4. The Morgan fingerprint density at radius 1 is 0.429 bits per heavy atom. The molecule has 0 saturated carbocycles. The van der Waals surface area contributed by atoms with E-state index in [0.29, 0.717) is 23.9 Å². The van der Waals surface area contributed by atoms with Crippen LogP contribution >= 0.6 is 7.82 Å². The van der Waals surface area contributed by atoms with Gasteiger partial charge in [0.1, 0.15) is 13.2 Å². The van der Waals surface area contributed by atoms with E-state index in [9.17, 15) is 19.4 Å². The number of amides is 1. The first-order chi connectivity index (χ1) is 41.0. The van der Waals surface area contributed by atoms with Gasteiger partial charge in [-0.1, -0.05) is 336 Å². The first kappa shape index (κ1) is 81.4. The summed E-state index contributed by atoms with van der Waals surface area (Å²) in [5, 5.41) is 14.1. The highest BCUT2D eigenvalue weighted by molar-refractivity contribution is 7.45. The first-order valence-electron chi connectivity index (χ1n) is 35.6. The number of quaternary nitrogens is 1. The highest BCUT2D eigenvalue weighted by atomic mass is 31.2. The zero-order chi connectivity index (χ0) is 61.2. The second-order valence-electron chi connectivity index (χ2n) is 25.2. The Bertz CT molecular complexity index is 1690. The summed E-state index contributed by atoms with van der Waals surface area (Å²) in [6.45, 7) is 4.64. The maximum absolute atomic E-state index is 13.1. The van der Waals surface area contributed by atoms with Crippen molar-refractivity contribution in [3.63, 3.8) is 0 Å². The molecule has 0 aliphatic carbocycles. The summed E-state index contributed by atoms with van der Waals surface area (Å²) in [6, 6.07) is -0.807. The van der Waals surface area contributed by atoms with Crippen LogP contribution in [0.5, 0.6) is 0 Å². The zero-order valence-electron chi connectivity index (χ0n) is 55.8. The molecule has 0 fully saturated rings. The Morgan fingerprint density at radius 3 is 1.06 bits per heavy atom. The molecule has 0 aliphatic heterocycles. The maximum atomic E-state index is 13.1. The average molecular weight is 1190 g/mol. The molecule has 3 atom stereocenters. The molecule has 0 aromatic rings. The average Bonchev–Trinajstić information content (AvgIpc) is 3.56. The third-order valence-electron chi connectivity index (χ3n) is 15.8. The fourth-order valence-corrected chi connectivity index (χ4v) is 11.1. The predicted molar refractivity (Wildman–Crippen MR) is 366 cm³/mol. The second-order valence-corrected chi connectivity index (χ2v) is 26.6. The van der Waals surface area contributed by atoms with Gasteiger partial charge in [-0.2, -0.15) is 0 Å². The van der Waals surface area contributed by atoms with E-state index in [-0.39, 0.29) is 19.1 Å². The quantitative estimate of drug-likeness (QED) is 0.0272. The first-order valence-corrected chi connectivity index (χ1v) is 37.0. The van der Waals surface area contributed by atoms with Crippen LogP contribution in [0.4, 0.5) is 0 Å². The minimum absolute atomic E-state index is 0.0101. The Labute approximate surface area is 521 Å². The van der Waals surface area contributed by atoms with Gasteiger partial charge in [0, 0.05) is 6.42 Å². The van der Waals surface area contributed by atoms with Crippen molar-refractivity contribution < 1.29 is 32.9 Å². The van der Waals surface area contributed by atoms with Crippen molar-refractivity contribution in [3.05, 3.63) is 97.2 Å². The van der Waals surface area contributed by atoms with Crippen molar-refractivity contribution in [2.45, 2.75) is 334 Å². The molecule has 0 rings (SSSR count). The number of unbranched alkanes of at least 4 members (excludes halogenated alkanes) is 36. The van der Waals surface area contributed by atoms with Gasteiger partial charge in [0.2, 0.25) is 5.91 Å². The van der Waals surface area contributed by atoms with Crippen LogP contribution in [0.2, 0.25) is 0 Å². The molecule has 0 radical (unpaired) electrons. The Balaban J connectivity index is 4.03. The van der Waals surface area contributed by atoms with E-state index in [1.807, 2.05) is 21.1 Å². The molecular weight excluding hydrogens is 1060 g/mol. The zero-order valence-corrected chi connectivity index (χ0v) is 56.7. The third-order valence-corrected chi connectivity index (χ3v) is 16.8. The van der Waals surface area contributed by atoms with Crippen molar-refractivity contribution in [2.75, 3.05) is 40.9 Å². The van der Waals surface area contributed by atoms with E-state index in [2.05, 4.69) is 116 Å². The number of nitrogens with one attached hydrogen (secondary N) is 1. The lowest BCUT2D eigenvalue weighted by Gasteiger charge is -2.30. The van der Waals surface area contributed by atoms with Gasteiger partial charge in [0.15, 0.2) is 0 Å². The number of aliphatic hydroxyl groups is 1. The van der Waals surface area contributed by atoms with Crippen molar-refractivity contribution in [1.82, 2.24) is 5.32 Å². The summed E-state index contributed by atoms with van der Waals surface area (Å²) in [5.41, 5.74) is 0. The van der Waals surface area contributed by atoms with Crippen LogP contribution in [0.1, 0.15) is 322 Å². The normalized spacial score (nSPS) is 14.2. The predicted octanol–water partition coefficient (Wildman–Crippen LogP) is 22.3. The van der Waals surface area contributed by atoms with Crippen LogP contribution in [0, 0.1) is 0 Å². The molecule has 0 saturated heterocycles. The molecule has 0 aromatic heterocycles. The minimum atomic E-state index is -4.58. The highest BCUT2D eigenvalue weighted by Crippen LogP contribution is 2.38. The Hall–Kier alpha value is -2.58. The monoisotopic (exact) mass is 1190 g/mol. The fraction of sp³-hybridized carbons (Fsp3) is 0.773. The van der Waals surface area contributed by atoms with Gasteiger partial charge in [-0.25, -0.2) is 0 Å². The smallest absolute Gasteiger partial charge is 0.268 e. The van der Waals surface area contributed by atoms with Gasteiger partial charge in [-0.15, -0.1) is 0 Å². The number of carbonyl (C=O) groups excluding carboxylic acids is 1. The number of rotatable bonds is 65. The molecule has 0 bridgehead atoms. The molecular formula is C75H137N2O6P. The van der Waals surface area contributed by atoms with Gasteiger partial charge in [-0.3, -0.25) is 9.36 Å². The SMILES string of the molecule is CC/C=C\C/C=C\C/C=C\C/C=C\C/C=C\C/C=C\C/C=C\C/C=C\CCCCCCCCCCCCCCCCC(=O)NC(COP(=O)([O-])OCC[N+](C)(C)C)C(O)CCCCCCCCCCCCCCCCCCCCCCCCC. The van der Waals surface area contributed by atoms with Gasteiger partial charge in [0.05, 0.1) is 39.9 Å². The van der Waals surface area contributed by atoms with Crippen LogP contribution in [-0.4, -0.2) is 68.5 Å². The topological polar surface area (TPSA) is 108 Å². The summed E-state index contributed by atoms with van der Waals surface area (Å²) < 4.78 is 23.5. The van der Waals surface area contributed by atoms with Crippen molar-refractivity contribution in [2.24, 2.45) is 0 Å². The lowest BCUT2D eigenvalue weighted by molar-refractivity contribution is -0.870. The van der Waals surface area contributed by atoms with E-state index in [1.165, 1.54) is 205 Å². The molecule has 0 heterocycles. The van der Waals surface area contributed by atoms with Gasteiger partial charge in [-0.05, 0) is 77.0 Å². The van der Waals surface area contributed by atoms with Crippen LogP contribution in [0.15, 0.2) is 97.2 Å². The third kappa shape index (κ3) is 66.9. The van der Waals surface area contributed by atoms with E-state index >= 15 is 0 Å². The van der Waals surface area contributed by atoms with Gasteiger partial charge >= 0.3 is 0 Å². The Morgan fingerprint density at radius 2 is 0.726 bits per heavy atom. The molecule has 488 valence electrons. The van der Waals surface area contributed by atoms with Crippen molar-refractivity contribution in [1.29, 1.82) is 0 Å². The molecule has 9 heteroatoms.